The van der Waals surface area contributed by atoms with E-state index in [1.807, 2.05) is 0 Å². The van der Waals surface area contributed by atoms with E-state index < -0.39 is 0 Å². The fourth-order valence-corrected chi connectivity index (χ4v) is 5.09. The lowest BCUT2D eigenvalue weighted by Gasteiger charge is -2.57. The van der Waals surface area contributed by atoms with Gasteiger partial charge in [0.25, 0.3) is 0 Å². The first kappa shape index (κ1) is 16.9. The largest absolute Gasteiger partial charge is 0.330 e. The number of halogens is 2. The zero-order chi connectivity index (χ0) is 11.0. The highest BCUT2D eigenvalue weighted by Gasteiger charge is 2.50. The fourth-order valence-electron chi connectivity index (χ4n) is 5.09. The van der Waals surface area contributed by atoms with Gasteiger partial charge < -0.3 is 11.1 Å². The highest BCUT2D eigenvalue weighted by atomic mass is 79.9. The summed E-state index contributed by atoms with van der Waals surface area (Å²) in [5.74, 6) is 3.26. The summed E-state index contributed by atoms with van der Waals surface area (Å²) >= 11 is 0. The Morgan fingerprint density at radius 3 is 1.89 bits per heavy atom. The maximum absolute atomic E-state index is 5.54. The third-order valence-corrected chi connectivity index (χ3v) is 5.22. The van der Waals surface area contributed by atoms with E-state index in [0.29, 0.717) is 5.41 Å². The first-order chi connectivity index (χ1) is 7.80. The Morgan fingerprint density at radius 2 is 1.44 bits per heavy atom. The molecule has 2 nitrogen and oxygen atoms in total. The summed E-state index contributed by atoms with van der Waals surface area (Å²) < 4.78 is 0. The molecule has 0 aromatic rings. The fraction of sp³-hybridized carbons (Fsp3) is 1.00. The Labute approximate surface area is 132 Å². The van der Waals surface area contributed by atoms with E-state index in [0.717, 1.165) is 37.3 Å². The molecule has 0 aromatic heterocycles. The predicted octanol–water partition coefficient (Wildman–Crippen LogP) is 3.30. The molecule has 0 radical (unpaired) electrons. The Bertz CT molecular complexity index is 223. The maximum Gasteiger partial charge on any atom is 0.000812 e. The van der Waals surface area contributed by atoms with Crippen LogP contribution >= 0.6 is 34.0 Å². The SMILES string of the molecule is Br.Br.NCCCNCC12CC3CC(CC(C3)C1)C2. The van der Waals surface area contributed by atoms with Gasteiger partial charge in [0.05, 0.1) is 0 Å². The van der Waals surface area contributed by atoms with E-state index in [2.05, 4.69) is 5.32 Å². The van der Waals surface area contributed by atoms with Crippen molar-refractivity contribution in [1.29, 1.82) is 0 Å². The molecule has 0 heterocycles. The summed E-state index contributed by atoms with van der Waals surface area (Å²) in [7, 11) is 0. The number of hydrogen-bond donors (Lipinski definition) is 2. The molecule has 4 aliphatic rings. The van der Waals surface area contributed by atoms with Crippen LogP contribution in [0.5, 0.6) is 0 Å². The molecule has 0 aromatic carbocycles. The van der Waals surface area contributed by atoms with Crippen molar-refractivity contribution in [3.05, 3.63) is 0 Å². The summed E-state index contributed by atoms with van der Waals surface area (Å²) in [5, 5.41) is 3.66. The van der Waals surface area contributed by atoms with E-state index in [1.165, 1.54) is 25.8 Å². The molecule has 4 saturated carbocycles. The normalized spacial score (nSPS) is 40.2. The third-order valence-electron chi connectivity index (χ3n) is 5.22. The Kier molecular flexibility index (Phi) is 6.63. The lowest BCUT2D eigenvalue weighted by Crippen LogP contribution is -2.50. The lowest BCUT2D eigenvalue weighted by molar-refractivity contribution is -0.0511. The minimum absolute atomic E-state index is 0. The van der Waals surface area contributed by atoms with Crippen LogP contribution in [0.4, 0.5) is 0 Å². The van der Waals surface area contributed by atoms with Gasteiger partial charge in [0, 0.05) is 6.54 Å². The standard InChI is InChI=1S/C14H26N2.2BrH/c15-2-1-3-16-10-14-7-11-4-12(8-14)6-13(5-11)9-14;;/h11-13,16H,1-10,15H2;2*1H. The number of rotatable bonds is 5. The second-order valence-electron chi connectivity index (χ2n) is 6.74. The zero-order valence-corrected chi connectivity index (χ0v) is 14.6. The van der Waals surface area contributed by atoms with Crippen molar-refractivity contribution in [1.82, 2.24) is 5.32 Å². The van der Waals surface area contributed by atoms with Crippen molar-refractivity contribution in [2.45, 2.75) is 44.9 Å². The molecule has 4 aliphatic carbocycles. The van der Waals surface area contributed by atoms with Crippen LogP contribution in [-0.2, 0) is 0 Å². The number of hydrogen-bond acceptors (Lipinski definition) is 2. The van der Waals surface area contributed by atoms with Crippen LogP contribution in [0.2, 0.25) is 0 Å². The van der Waals surface area contributed by atoms with Crippen LogP contribution < -0.4 is 11.1 Å². The van der Waals surface area contributed by atoms with Crippen LogP contribution in [0.25, 0.3) is 0 Å². The van der Waals surface area contributed by atoms with Gasteiger partial charge >= 0.3 is 0 Å². The molecule has 4 fully saturated rings. The van der Waals surface area contributed by atoms with Crippen molar-refractivity contribution >= 4 is 34.0 Å². The van der Waals surface area contributed by atoms with Crippen LogP contribution in [0.15, 0.2) is 0 Å². The molecule has 4 bridgehead atoms. The topological polar surface area (TPSA) is 38.0 Å². The van der Waals surface area contributed by atoms with E-state index >= 15 is 0 Å². The van der Waals surface area contributed by atoms with Crippen molar-refractivity contribution in [2.75, 3.05) is 19.6 Å². The van der Waals surface area contributed by atoms with Crippen LogP contribution in [-0.4, -0.2) is 19.6 Å². The smallest absolute Gasteiger partial charge is 0.000812 e. The molecule has 0 unspecified atom stereocenters. The van der Waals surface area contributed by atoms with Crippen molar-refractivity contribution in [3.8, 4) is 0 Å². The van der Waals surface area contributed by atoms with Crippen LogP contribution in [0.1, 0.15) is 44.9 Å². The number of nitrogens with two attached hydrogens (primary N) is 1. The van der Waals surface area contributed by atoms with Crippen LogP contribution in [0.3, 0.4) is 0 Å². The number of nitrogens with one attached hydrogen (secondary N) is 1. The molecule has 3 N–H and O–H groups in total. The first-order valence-electron chi connectivity index (χ1n) is 7.20. The molecule has 4 rings (SSSR count). The van der Waals surface area contributed by atoms with Gasteiger partial charge in [-0.3, -0.25) is 0 Å². The Balaban J connectivity index is 0.000000810. The van der Waals surface area contributed by atoms with Crippen molar-refractivity contribution in [3.63, 3.8) is 0 Å². The summed E-state index contributed by atoms with van der Waals surface area (Å²) in [5.41, 5.74) is 6.23. The van der Waals surface area contributed by atoms with Crippen molar-refractivity contribution in [2.24, 2.45) is 28.9 Å². The summed E-state index contributed by atoms with van der Waals surface area (Å²) in [6, 6.07) is 0. The summed E-state index contributed by atoms with van der Waals surface area (Å²) in [4.78, 5) is 0. The second-order valence-corrected chi connectivity index (χ2v) is 6.74. The van der Waals surface area contributed by atoms with Crippen molar-refractivity contribution < 1.29 is 0 Å². The van der Waals surface area contributed by atoms with Gasteiger partial charge in [0.2, 0.25) is 0 Å². The molecule has 4 heteroatoms. The van der Waals surface area contributed by atoms with Gasteiger partial charge in [-0.15, -0.1) is 34.0 Å². The molecule has 0 atom stereocenters. The van der Waals surface area contributed by atoms with Crippen LogP contribution in [0, 0.1) is 23.2 Å². The molecular formula is C14H28Br2N2. The average molecular weight is 384 g/mol. The van der Waals surface area contributed by atoms with Gasteiger partial charge in [-0.2, -0.15) is 0 Å². The molecule has 0 spiro atoms. The second kappa shape index (κ2) is 7.05. The zero-order valence-electron chi connectivity index (χ0n) is 11.2. The highest BCUT2D eigenvalue weighted by Crippen LogP contribution is 2.59. The molecule has 108 valence electrons. The molecular weight excluding hydrogens is 356 g/mol. The maximum atomic E-state index is 5.54. The average Bonchev–Trinajstić information content (AvgIpc) is 2.22. The molecule has 0 saturated heterocycles. The minimum Gasteiger partial charge on any atom is -0.330 e. The summed E-state index contributed by atoms with van der Waals surface area (Å²) in [6.07, 6.45) is 10.4. The highest BCUT2D eigenvalue weighted by molar-refractivity contribution is 8.93. The third kappa shape index (κ3) is 3.50. The van der Waals surface area contributed by atoms with E-state index in [-0.39, 0.29) is 34.0 Å². The summed E-state index contributed by atoms with van der Waals surface area (Å²) in [6.45, 7) is 3.22. The quantitative estimate of drug-likeness (QED) is 0.714. The molecule has 18 heavy (non-hydrogen) atoms. The molecule has 0 aliphatic heterocycles. The van der Waals surface area contributed by atoms with Gasteiger partial charge in [-0.1, -0.05) is 0 Å². The van der Waals surface area contributed by atoms with E-state index in [1.54, 1.807) is 19.3 Å². The van der Waals surface area contributed by atoms with E-state index in [4.69, 9.17) is 5.73 Å². The monoisotopic (exact) mass is 382 g/mol. The van der Waals surface area contributed by atoms with E-state index in [9.17, 15) is 0 Å². The van der Waals surface area contributed by atoms with Gasteiger partial charge in [0.15, 0.2) is 0 Å². The Hall–Kier alpha value is 0.880. The van der Waals surface area contributed by atoms with Gasteiger partial charge in [-0.25, -0.2) is 0 Å². The van der Waals surface area contributed by atoms with Gasteiger partial charge in [-0.05, 0) is 81.2 Å². The van der Waals surface area contributed by atoms with Gasteiger partial charge in [0.1, 0.15) is 0 Å². The Morgan fingerprint density at radius 1 is 0.944 bits per heavy atom. The molecule has 0 amide bonds. The first-order valence-corrected chi connectivity index (χ1v) is 7.20. The lowest BCUT2D eigenvalue weighted by atomic mass is 9.49. The minimum atomic E-state index is 0. The predicted molar refractivity (Wildman–Crippen MR) is 87.8 cm³/mol.